The molecule has 1 nitrogen and oxygen atoms in total. The maximum absolute atomic E-state index is 9.59. The quantitative estimate of drug-likeness (QED) is 0.600. The fourth-order valence-corrected chi connectivity index (χ4v) is 1.05. The van der Waals surface area contributed by atoms with E-state index in [1.54, 1.807) is 6.92 Å². The van der Waals surface area contributed by atoms with Gasteiger partial charge in [-0.1, -0.05) is 32.3 Å². The van der Waals surface area contributed by atoms with Gasteiger partial charge in [-0.25, -0.2) is 0 Å². The SMILES string of the molecule is C=CC#CC(C)(O)CC(C)C. The molecule has 1 atom stereocenters. The number of aliphatic hydroxyl groups is 1. The van der Waals surface area contributed by atoms with Crippen molar-refractivity contribution in [1.29, 1.82) is 0 Å². The molecule has 0 heterocycles. The molecule has 1 unspecified atom stereocenters. The molecule has 0 aliphatic carbocycles. The predicted molar refractivity (Wildman–Crippen MR) is 48.1 cm³/mol. The molecule has 0 aromatic heterocycles. The van der Waals surface area contributed by atoms with Crippen LogP contribution in [0.4, 0.5) is 0 Å². The summed E-state index contributed by atoms with van der Waals surface area (Å²) in [5, 5.41) is 9.59. The maximum atomic E-state index is 9.59. The van der Waals surface area contributed by atoms with Crippen LogP contribution in [0.25, 0.3) is 0 Å². The van der Waals surface area contributed by atoms with Gasteiger partial charge < -0.3 is 5.11 Å². The van der Waals surface area contributed by atoms with Crippen LogP contribution in [0.2, 0.25) is 0 Å². The average molecular weight is 152 g/mol. The summed E-state index contributed by atoms with van der Waals surface area (Å²) < 4.78 is 0. The second kappa shape index (κ2) is 4.20. The Morgan fingerprint density at radius 2 is 2.18 bits per heavy atom. The lowest BCUT2D eigenvalue weighted by molar-refractivity contribution is 0.0976. The highest BCUT2D eigenvalue weighted by atomic mass is 16.3. The van der Waals surface area contributed by atoms with E-state index in [0.29, 0.717) is 12.3 Å². The first kappa shape index (κ1) is 10.3. The molecule has 0 rings (SSSR count). The van der Waals surface area contributed by atoms with Crippen LogP contribution in [0.15, 0.2) is 12.7 Å². The molecule has 0 aliphatic rings. The highest BCUT2D eigenvalue weighted by molar-refractivity contribution is 5.19. The third-order valence-electron chi connectivity index (χ3n) is 1.25. The Morgan fingerprint density at radius 3 is 2.55 bits per heavy atom. The minimum absolute atomic E-state index is 0.462. The van der Waals surface area contributed by atoms with Crippen LogP contribution in [-0.2, 0) is 0 Å². The zero-order valence-corrected chi connectivity index (χ0v) is 7.52. The second-order valence-corrected chi connectivity index (χ2v) is 3.35. The minimum Gasteiger partial charge on any atom is -0.378 e. The molecule has 1 N–H and O–H groups in total. The van der Waals surface area contributed by atoms with Crippen molar-refractivity contribution >= 4 is 0 Å². The van der Waals surface area contributed by atoms with Gasteiger partial charge in [0.15, 0.2) is 0 Å². The van der Waals surface area contributed by atoms with E-state index in [4.69, 9.17) is 0 Å². The van der Waals surface area contributed by atoms with Crippen LogP contribution < -0.4 is 0 Å². The van der Waals surface area contributed by atoms with Crippen molar-refractivity contribution in [2.45, 2.75) is 32.8 Å². The van der Waals surface area contributed by atoms with Crippen molar-refractivity contribution < 1.29 is 5.11 Å². The van der Waals surface area contributed by atoms with Gasteiger partial charge in [-0.15, -0.1) is 0 Å². The fraction of sp³-hybridized carbons (Fsp3) is 0.600. The van der Waals surface area contributed by atoms with Crippen molar-refractivity contribution in [2.75, 3.05) is 0 Å². The zero-order chi connectivity index (χ0) is 8.91. The Balaban J connectivity index is 4.10. The van der Waals surface area contributed by atoms with Gasteiger partial charge >= 0.3 is 0 Å². The van der Waals surface area contributed by atoms with Crippen LogP contribution in [-0.4, -0.2) is 10.7 Å². The fourth-order valence-electron chi connectivity index (χ4n) is 1.05. The first-order chi connectivity index (χ1) is 4.98. The lowest BCUT2D eigenvalue weighted by Crippen LogP contribution is -2.23. The first-order valence-corrected chi connectivity index (χ1v) is 3.84. The van der Waals surface area contributed by atoms with Crippen molar-refractivity contribution in [3.05, 3.63) is 12.7 Å². The van der Waals surface area contributed by atoms with Crippen LogP contribution in [0, 0.1) is 17.8 Å². The summed E-state index contributed by atoms with van der Waals surface area (Å²) in [4.78, 5) is 0. The summed E-state index contributed by atoms with van der Waals surface area (Å²) in [6.45, 7) is 9.30. The standard InChI is InChI=1S/C10H16O/c1-5-6-7-10(4,11)8-9(2)3/h5,9,11H,1,8H2,2-4H3. The van der Waals surface area contributed by atoms with E-state index < -0.39 is 5.60 Å². The lowest BCUT2D eigenvalue weighted by atomic mass is 9.95. The molecule has 11 heavy (non-hydrogen) atoms. The van der Waals surface area contributed by atoms with Crippen LogP contribution in [0.3, 0.4) is 0 Å². The predicted octanol–water partition coefficient (Wildman–Crippen LogP) is 1.97. The molecular weight excluding hydrogens is 136 g/mol. The molecular formula is C10H16O. The summed E-state index contributed by atoms with van der Waals surface area (Å²) in [5.74, 6) is 5.85. The zero-order valence-electron chi connectivity index (χ0n) is 7.52. The Morgan fingerprint density at radius 1 is 1.64 bits per heavy atom. The molecule has 0 aliphatic heterocycles. The third kappa shape index (κ3) is 5.69. The van der Waals surface area contributed by atoms with E-state index in [1.165, 1.54) is 6.08 Å². The molecule has 0 saturated heterocycles. The normalized spacial score (nSPS) is 15.0. The summed E-state index contributed by atoms with van der Waals surface area (Å²) in [7, 11) is 0. The Hall–Kier alpha value is -0.740. The van der Waals surface area contributed by atoms with E-state index >= 15 is 0 Å². The molecule has 0 spiro atoms. The van der Waals surface area contributed by atoms with Crippen LogP contribution in [0.1, 0.15) is 27.2 Å². The summed E-state index contributed by atoms with van der Waals surface area (Å²) in [6, 6.07) is 0. The number of hydrogen-bond acceptors (Lipinski definition) is 1. The lowest BCUT2D eigenvalue weighted by Gasteiger charge is -2.18. The van der Waals surface area contributed by atoms with Gasteiger partial charge in [0.05, 0.1) is 0 Å². The molecule has 0 bridgehead atoms. The molecule has 0 radical (unpaired) electrons. The van der Waals surface area contributed by atoms with E-state index in [-0.39, 0.29) is 0 Å². The van der Waals surface area contributed by atoms with Crippen LogP contribution in [0.5, 0.6) is 0 Å². The van der Waals surface area contributed by atoms with E-state index in [9.17, 15) is 5.11 Å². The minimum atomic E-state index is -0.859. The summed E-state index contributed by atoms with van der Waals surface area (Å²) >= 11 is 0. The van der Waals surface area contributed by atoms with Gasteiger partial charge in [0.25, 0.3) is 0 Å². The Bertz CT molecular complexity index is 179. The van der Waals surface area contributed by atoms with Gasteiger partial charge in [-0.2, -0.15) is 0 Å². The first-order valence-electron chi connectivity index (χ1n) is 3.84. The molecule has 0 aromatic carbocycles. The monoisotopic (exact) mass is 152 g/mol. The number of allylic oxidation sites excluding steroid dienone is 1. The van der Waals surface area contributed by atoms with Crippen molar-refractivity contribution in [3.8, 4) is 11.8 Å². The third-order valence-corrected chi connectivity index (χ3v) is 1.25. The highest BCUT2D eigenvalue weighted by Gasteiger charge is 2.17. The van der Waals surface area contributed by atoms with Crippen molar-refractivity contribution in [3.63, 3.8) is 0 Å². The van der Waals surface area contributed by atoms with Crippen molar-refractivity contribution in [2.24, 2.45) is 5.92 Å². The van der Waals surface area contributed by atoms with Crippen LogP contribution >= 0.6 is 0 Å². The Labute approximate surface area is 69.1 Å². The average Bonchev–Trinajstić information content (AvgIpc) is 1.81. The topological polar surface area (TPSA) is 20.2 Å². The summed E-state index contributed by atoms with van der Waals surface area (Å²) in [5.41, 5.74) is -0.859. The molecule has 1 heteroatoms. The van der Waals surface area contributed by atoms with Gasteiger partial charge in [0.2, 0.25) is 0 Å². The van der Waals surface area contributed by atoms with Crippen molar-refractivity contribution in [1.82, 2.24) is 0 Å². The molecule has 62 valence electrons. The largest absolute Gasteiger partial charge is 0.378 e. The van der Waals surface area contributed by atoms with Gasteiger partial charge in [-0.05, 0) is 25.3 Å². The molecule has 0 aromatic rings. The molecule has 0 fully saturated rings. The highest BCUT2D eigenvalue weighted by Crippen LogP contribution is 2.14. The van der Waals surface area contributed by atoms with Gasteiger partial charge in [0.1, 0.15) is 5.60 Å². The number of hydrogen-bond donors (Lipinski definition) is 1. The van der Waals surface area contributed by atoms with E-state index in [0.717, 1.165) is 0 Å². The maximum Gasteiger partial charge on any atom is 0.123 e. The summed E-state index contributed by atoms with van der Waals surface area (Å²) in [6.07, 6.45) is 2.20. The molecule has 0 amide bonds. The Kier molecular flexibility index (Phi) is 3.92. The molecule has 0 saturated carbocycles. The smallest absolute Gasteiger partial charge is 0.123 e. The second-order valence-electron chi connectivity index (χ2n) is 3.35. The van der Waals surface area contributed by atoms with Gasteiger partial charge in [0, 0.05) is 0 Å². The van der Waals surface area contributed by atoms with E-state index in [2.05, 4.69) is 32.3 Å². The van der Waals surface area contributed by atoms with E-state index in [1.807, 2.05) is 0 Å². The number of rotatable bonds is 2. The van der Waals surface area contributed by atoms with Gasteiger partial charge in [-0.3, -0.25) is 0 Å².